The van der Waals surface area contributed by atoms with E-state index in [1.54, 1.807) is 6.92 Å². The van der Waals surface area contributed by atoms with Crippen molar-refractivity contribution in [3.8, 4) is 5.69 Å². The molecule has 0 aliphatic carbocycles. The molecule has 0 aliphatic heterocycles. The van der Waals surface area contributed by atoms with Gasteiger partial charge >= 0.3 is 0 Å². The van der Waals surface area contributed by atoms with E-state index >= 15 is 0 Å². The molecule has 1 aromatic carbocycles. The highest BCUT2D eigenvalue weighted by atomic mass is 79.9. The van der Waals surface area contributed by atoms with Crippen molar-refractivity contribution in [2.75, 3.05) is 6.54 Å². The SMILES string of the molecule is Cc1nn(-c2ccc(Br)cc2)cc1CNCC(C)O. The molecule has 1 atom stereocenters. The Bertz CT molecular complexity index is 534. The molecular formula is C14H18BrN3O. The molecule has 5 heteroatoms. The molecule has 0 saturated carbocycles. The summed E-state index contributed by atoms with van der Waals surface area (Å²) in [5.41, 5.74) is 3.18. The Labute approximate surface area is 121 Å². The molecule has 1 heterocycles. The molecule has 1 unspecified atom stereocenters. The van der Waals surface area contributed by atoms with Crippen molar-refractivity contribution in [1.82, 2.24) is 15.1 Å². The normalized spacial score (nSPS) is 12.6. The maximum Gasteiger partial charge on any atom is 0.0646 e. The smallest absolute Gasteiger partial charge is 0.0646 e. The number of aromatic nitrogens is 2. The Morgan fingerprint density at radius 1 is 1.37 bits per heavy atom. The van der Waals surface area contributed by atoms with Gasteiger partial charge < -0.3 is 10.4 Å². The predicted molar refractivity (Wildman–Crippen MR) is 79.4 cm³/mol. The van der Waals surface area contributed by atoms with Crippen molar-refractivity contribution in [3.63, 3.8) is 0 Å². The molecule has 0 bridgehead atoms. The van der Waals surface area contributed by atoms with E-state index in [1.165, 1.54) is 0 Å². The van der Waals surface area contributed by atoms with Gasteiger partial charge in [-0.1, -0.05) is 15.9 Å². The number of aliphatic hydroxyl groups is 1. The topological polar surface area (TPSA) is 50.1 Å². The molecule has 0 amide bonds. The number of halogens is 1. The van der Waals surface area contributed by atoms with Gasteiger partial charge in [0.25, 0.3) is 0 Å². The summed E-state index contributed by atoms with van der Waals surface area (Å²) in [7, 11) is 0. The van der Waals surface area contributed by atoms with E-state index in [1.807, 2.05) is 42.1 Å². The fraction of sp³-hybridized carbons (Fsp3) is 0.357. The van der Waals surface area contributed by atoms with Crippen LogP contribution in [0, 0.1) is 6.92 Å². The molecular weight excluding hydrogens is 306 g/mol. The fourth-order valence-corrected chi connectivity index (χ4v) is 2.08. The molecule has 4 nitrogen and oxygen atoms in total. The van der Waals surface area contributed by atoms with Crippen LogP contribution in [0.5, 0.6) is 0 Å². The molecule has 0 spiro atoms. The van der Waals surface area contributed by atoms with Gasteiger partial charge in [0.05, 0.1) is 17.5 Å². The van der Waals surface area contributed by atoms with Crippen LogP contribution in [0.2, 0.25) is 0 Å². The number of nitrogens with zero attached hydrogens (tertiary/aromatic N) is 2. The van der Waals surface area contributed by atoms with E-state index in [2.05, 4.69) is 26.3 Å². The summed E-state index contributed by atoms with van der Waals surface area (Å²) in [6.07, 6.45) is 1.69. The van der Waals surface area contributed by atoms with Gasteiger partial charge in [0, 0.05) is 29.3 Å². The van der Waals surface area contributed by atoms with Gasteiger partial charge in [0.1, 0.15) is 0 Å². The second kappa shape index (κ2) is 6.32. The van der Waals surface area contributed by atoms with Crippen molar-refractivity contribution in [1.29, 1.82) is 0 Å². The minimum Gasteiger partial charge on any atom is -0.392 e. The highest BCUT2D eigenvalue weighted by Gasteiger charge is 2.06. The molecule has 0 aliphatic rings. The number of nitrogens with one attached hydrogen (secondary N) is 1. The van der Waals surface area contributed by atoms with Gasteiger partial charge in [-0.15, -0.1) is 0 Å². The third kappa shape index (κ3) is 3.89. The van der Waals surface area contributed by atoms with Crippen LogP contribution in [0.4, 0.5) is 0 Å². The number of rotatable bonds is 5. The average molecular weight is 324 g/mol. The van der Waals surface area contributed by atoms with Crippen LogP contribution in [0.25, 0.3) is 5.69 Å². The van der Waals surface area contributed by atoms with Crippen LogP contribution < -0.4 is 5.32 Å². The van der Waals surface area contributed by atoms with E-state index in [9.17, 15) is 5.11 Å². The van der Waals surface area contributed by atoms with Crippen LogP contribution in [-0.4, -0.2) is 27.5 Å². The average Bonchev–Trinajstić information content (AvgIpc) is 2.71. The summed E-state index contributed by atoms with van der Waals surface area (Å²) < 4.78 is 2.93. The standard InChI is InChI=1S/C14H18BrN3O/c1-10(19)7-16-8-12-9-18(17-11(12)2)14-5-3-13(15)4-6-14/h3-6,9-10,16,19H,7-8H2,1-2H3. The minimum atomic E-state index is -0.332. The molecule has 2 N–H and O–H groups in total. The highest BCUT2D eigenvalue weighted by molar-refractivity contribution is 9.10. The first-order valence-electron chi connectivity index (χ1n) is 6.26. The third-order valence-electron chi connectivity index (χ3n) is 2.85. The summed E-state index contributed by atoms with van der Waals surface area (Å²) in [6, 6.07) is 8.03. The van der Waals surface area contributed by atoms with Gasteiger partial charge in [-0.05, 0) is 38.1 Å². The monoisotopic (exact) mass is 323 g/mol. The van der Waals surface area contributed by atoms with Crippen LogP contribution in [-0.2, 0) is 6.54 Å². The van der Waals surface area contributed by atoms with Crippen LogP contribution >= 0.6 is 15.9 Å². The Kier molecular flexibility index (Phi) is 4.74. The summed E-state index contributed by atoms with van der Waals surface area (Å²) >= 11 is 3.42. The first-order chi connectivity index (χ1) is 9.06. The summed E-state index contributed by atoms with van der Waals surface area (Å²) in [5, 5.41) is 16.9. The lowest BCUT2D eigenvalue weighted by Gasteiger charge is -2.05. The van der Waals surface area contributed by atoms with Gasteiger partial charge in [0.15, 0.2) is 0 Å². The third-order valence-corrected chi connectivity index (χ3v) is 3.38. The molecule has 102 valence electrons. The van der Waals surface area contributed by atoms with Gasteiger partial charge in [-0.2, -0.15) is 5.10 Å². The van der Waals surface area contributed by atoms with Crippen LogP contribution in [0.1, 0.15) is 18.2 Å². The molecule has 0 fully saturated rings. The van der Waals surface area contributed by atoms with Gasteiger partial charge in [0.2, 0.25) is 0 Å². The van der Waals surface area contributed by atoms with E-state index in [-0.39, 0.29) is 6.10 Å². The molecule has 0 radical (unpaired) electrons. The van der Waals surface area contributed by atoms with E-state index < -0.39 is 0 Å². The molecule has 2 aromatic rings. The first kappa shape index (κ1) is 14.2. The lowest BCUT2D eigenvalue weighted by atomic mass is 10.2. The van der Waals surface area contributed by atoms with Crippen molar-refractivity contribution in [2.45, 2.75) is 26.5 Å². The molecule has 1 aromatic heterocycles. The van der Waals surface area contributed by atoms with Crippen molar-refractivity contribution < 1.29 is 5.11 Å². The summed E-state index contributed by atoms with van der Waals surface area (Å²) in [5.74, 6) is 0. The largest absolute Gasteiger partial charge is 0.392 e. The van der Waals surface area contributed by atoms with E-state index in [4.69, 9.17) is 0 Å². The van der Waals surface area contributed by atoms with Crippen molar-refractivity contribution in [3.05, 3.63) is 46.2 Å². The summed E-state index contributed by atoms with van der Waals surface area (Å²) in [4.78, 5) is 0. The van der Waals surface area contributed by atoms with E-state index in [0.29, 0.717) is 13.1 Å². The molecule has 0 saturated heterocycles. The van der Waals surface area contributed by atoms with Gasteiger partial charge in [-0.25, -0.2) is 4.68 Å². The van der Waals surface area contributed by atoms with Gasteiger partial charge in [-0.3, -0.25) is 0 Å². The quantitative estimate of drug-likeness (QED) is 0.888. The van der Waals surface area contributed by atoms with Crippen LogP contribution in [0.3, 0.4) is 0 Å². The second-order valence-electron chi connectivity index (χ2n) is 4.64. The Balaban J connectivity index is 2.09. The molecule has 2 rings (SSSR count). The first-order valence-corrected chi connectivity index (χ1v) is 7.05. The van der Waals surface area contributed by atoms with Crippen LogP contribution in [0.15, 0.2) is 34.9 Å². The Morgan fingerprint density at radius 2 is 2.05 bits per heavy atom. The fourth-order valence-electron chi connectivity index (χ4n) is 1.81. The zero-order valence-corrected chi connectivity index (χ0v) is 12.7. The Morgan fingerprint density at radius 3 is 2.68 bits per heavy atom. The van der Waals surface area contributed by atoms with Crippen molar-refractivity contribution >= 4 is 15.9 Å². The number of benzene rings is 1. The molecule has 19 heavy (non-hydrogen) atoms. The Hall–Kier alpha value is -1.17. The lowest BCUT2D eigenvalue weighted by Crippen LogP contribution is -2.23. The zero-order valence-electron chi connectivity index (χ0n) is 11.1. The maximum absolute atomic E-state index is 9.22. The predicted octanol–water partition coefficient (Wildman–Crippen LogP) is 2.41. The maximum atomic E-state index is 9.22. The number of hydrogen-bond donors (Lipinski definition) is 2. The lowest BCUT2D eigenvalue weighted by molar-refractivity contribution is 0.191. The second-order valence-corrected chi connectivity index (χ2v) is 5.56. The number of aliphatic hydroxyl groups excluding tert-OH is 1. The van der Waals surface area contributed by atoms with Crippen molar-refractivity contribution in [2.24, 2.45) is 0 Å². The summed E-state index contributed by atoms with van der Waals surface area (Å²) in [6.45, 7) is 5.07. The zero-order chi connectivity index (χ0) is 13.8. The van der Waals surface area contributed by atoms with E-state index in [0.717, 1.165) is 21.4 Å². The highest BCUT2D eigenvalue weighted by Crippen LogP contribution is 2.15. The number of aryl methyl sites for hydroxylation is 1. The number of hydrogen-bond acceptors (Lipinski definition) is 3. The minimum absolute atomic E-state index is 0.332.